The Kier molecular flexibility index (Phi) is 4.24. The fourth-order valence-corrected chi connectivity index (χ4v) is 2.66. The average Bonchev–Trinajstić information content (AvgIpc) is 2.40. The molecular formula is C15H21NO2. The van der Waals surface area contributed by atoms with Gasteiger partial charge in [0.15, 0.2) is 0 Å². The smallest absolute Gasteiger partial charge is 0.120 e. The summed E-state index contributed by atoms with van der Waals surface area (Å²) in [6, 6.07) is 6.22. The number of hydrogen-bond acceptors (Lipinski definition) is 3. The Balaban J connectivity index is 2.03. The van der Waals surface area contributed by atoms with Crippen LogP contribution >= 0.6 is 0 Å². The molecule has 1 aromatic carbocycles. The first-order valence-corrected chi connectivity index (χ1v) is 6.58. The molecule has 1 aliphatic heterocycles. The molecule has 1 heterocycles. The number of aryl methyl sites for hydroxylation is 1. The first-order chi connectivity index (χ1) is 8.74. The van der Waals surface area contributed by atoms with Gasteiger partial charge in [-0.05, 0) is 49.4 Å². The van der Waals surface area contributed by atoms with Crippen molar-refractivity contribution in [3.63, 3.8) is 0 Å². The predicted octanol–water partition coefficient (Wildman–Crippen LogP) is 2.81. The lowest BCUT2D eigenvalue weighted by atomic mass is 9.93. The number of nitrogens with zero attached hydrogens (tertiary/aromatic N) is 1. The summed E-state index contributed by atoms with van der Waals surface area (Å²) in [7, 11) is 1.69. The van der Waals surface area contributed by atoms with Crippen LogP contribution < -0.4 is 9.64 Å². The van der Waals surface area contributed by atoms with Gasteiger partial charge in [0.2, 0.25) is 0 Å². The number of piperidine rings is 1. The van der Waals surface area contributed by atoms with Crippen molar-refractivity contribution < 1.29 is 9.53 Å². The van der Waals surface area contributed by atoms with Gasteiger partial charge in [-0.2, -0.15) is 0 Å². The van der Waals surface area contributed by atoms with E-state index < -0.39 is 0 Å². The summed E-state index contributed by atoms with van der Waals surface area (Å²) in [6.45, 7) is 4.21. The monoisotopic (exact) mass is 247 g/mol. The zero-order valence-electron chi connectivity index (χ0n) is 11.2. The van der Waals surface area contributed by atoms with Crippen LogP contribution in [0.5, 0.6) is 5.75 Å². The molecule has 3 heteroatoms. The van der Waals surface area contributed by atoms with Gasteiger partial charge in [-0.15, -0.1) is 0 Å². The van der Waals surface area contributed by atoms with E-state index in [1.54, 1.807) is 7.11 Å². The highest BCUT2D eigenvalue weighted by Crippen LogP contribution is 2.29. The van der Waals surface area contributed by atoms with E-state index in [-0.39, 0.29) is 0 Å². The van der Waals surface area contributed by atoms with E-state index in [9.17, 15) is 4.79 Å². The second-order valence-corrected chi connectivity index (χ2v) is 4.99. The molecule has 0 aliphatic carbocycles. The molecule has 0 radical (unpaired) electrons. The van der Waals surface area contributed by atoms with E-state index in [4.69, 9.17) is 4.74 Å². The second kappa shape index (κ2) is 5.89. The molecule has 1 fully saturated rings. The molecule has 0 bridgehead atoms. The fourth-order valence-electron chi connectivity index (χ4n) is 2.66. The van der Waals surface area contributed by atoms with Gasteiger partial charge < -0.3 is 14.4 Å². The minimum Gasteiger partial charge on any atom is -0.497 e. The minimum atomic E-state index is 0.581. The topological polar surface area (TPSA) is 29.5 Å². The molecule has 1 aromatic rings. The molecule has 0 aromatic heterocycles. The summed E-state index contributed by atoms with van der Waals surface area (Å²) in [5.74, 6) is 1.49. The molecule has 98 valence electrons. The largest absolute Gasteiger partial charge is 0.497 e. The molecule has 0 unspecified atom stereocenters. The third-order valence-corrected chi connectivity index (χ3v) is 3.79. The van der Waals surface area contributed by atoms with E-state index in [0.717, 1.165) is 44.4 Å². The molecule has 0 atom stereocenters. The maximum absolute atomic E-state index is 10.5. The van der Waals surface area contributed by atoms with Gasteiger partial charge in [0.05, 0.1) is 7.11 Å². The van der Waals surface area contributed by atoms with Crippen molar-refractivity contribution in [2.75, 3.05) is 25.1 Å². The Hall–Kier alpha value is -1.51. The number of hydrogen-bond donors (Lipinski definition) is 0. The highest BCUT2D eigenvalue weighted by atomic mass is 16.5. The zero-order valence-corrected chi connectivity index (χ0v) is 11.2. The summed E-state index contributed by atoms with van der Waals surface area (Å²) in [5.41, 5.74) is 2.54. The number of benzene rings is 1. The molecule has 0 N–H and O–H groups in total. The van der Waals surface area contributed by atoms with Crippen molar-refractivity contribution in [1.82, 2.24) is 0 Å². The lowest BCUT2D eigenvalue weighted by Gasteiger charge is -2.34. The van der Waals surface area contributed by atoms with Gasteiger partial charge in [-0.1, -0.05) is 0 Å². The summed E-state index contributed by atoms with van der Waals surface area (Å²) in [5, 5.41) is 0. The lowest BCUT2D eigenvalue weighted by Crippen LogP contribution is -2.34. The lowest BCUT2D eigenvalue weighted by molar-refractivity contribution is -0.108. The van der Waals surface area contributed by atoms with Crippen LogP contribution in [0.1, 0.15) is 24.8 Å². The average molecular weight is 247 g/mol. The maximum atomic E-state index is 10.5. The number of anilines is 1. The summed E-state index contributed by atoms with van der Waals surface area (Å²) >= 11 is 0. The number of aldehydes is 1. The molecule has 0 saturated carbocycles. The maximum Gasteiger partial charge on any atom is 0.120 e. The third-order valence-electron chi connectivity index (χ3n) is 3.79. The quantitative estimate of drug-likeness (QED) is 0.766. The first-order valence-electron chi connectivity index (χ1n) is 6.58. The zero-order chi connectivity index (χ0) is 13.0. The number of ether oxygens (including phenoxy) is 1. The highest BCUT2D eigenvalue weighted by Gasteiger charge is 2.20. The van der Waals surface area contributed by atoms with Crippen LogP contribution in [0.2, 0.25) is 0 Å². The Morgan fingerprint density at radius 1 is 1.39 bits per heavy atom. The van der Waals surface area contributed by atoms with Crippen LogP contribution in [0.4, 0.5) is 5.69 Å². The van der Waals surface area contributed by atoms with Gasteiger partial charge in [0, 0.05) is 25.2 Å². The van der Waals surface area contributed by atoms with Crippen LogP contribution in [0.25, 0.3) is 0 Å². The van der Waals surface area contributed by atoms with E-state index in [1.807, 2.05) is 6.07 Å². The van der Waals surface area contributed by atoms with Gasteiger partial charge in [0.1, 0.15) is 12.0 Å². The Morgan fingerprint density at radius 3 is 2.67 bits per heavy atom. The number of rotatable bonds is 4. The van der Waals surface area contributed by atoms with Crippen LogP contribution in [-0.2, 0) is 4.79 Å². The van der Waals surface area contributed by atoms with Crippen molar-refractivity contribution in [1.29, 1.82) is 0 Å². The SMILES string of the molecule is COc1ccc(N2CCC(CC=O)CC2)c(C)c1. The van der Waals surface area contributed by atoms with Gasteiger partial charge in [0.25, 0.3) is 0 Å². The minimum absolute atomic E-state index is 0.581. The Bertz CT molecular complexity index is 409. The predicted molar refractivity (Wildman–Crippen MR) is 73.3 cm³/mol. The van der Waals surface area contributed by atoms with Crippen molar-refractivity contribution in [3.8, 4) is 5.75 Å². The van der Waals surface area contributed by atoms with Crippen molar-refractivity contribution in [2.24, 2.45) is 5.92 Å². The summed E-state index contributed by atoms with van der Waals surface area (Å²) in [6.07, 6.45) is 4.00. The highest BCUT2D eigenvalue weighted by molar-refractivity contribution is 5.56. The number of methoxy groups -OCH3 is 1. The molecule has 3 nitrogen and oxygen atoms in total. The van der Waals surface area contributed by atoms with Crippen LogP contribution in [0, 0.1) is 12.8 Å². The number of carbonyl (C=O) groups excluding carboxylic acids is 1. The molecule has 0 amide bonds. The van der Waals surface area contributed by atoms with Crippen molar-refractivity contribution in [3.05, 3.63) is 23.8 Å². The molecule has 2 rings (SSSR count). The normalized spacial score (nSPS) is 16.7. The van der Waals surface area contributed by atoms with Crippen molar-refractivity contribution >= 4 is 12.0 Å². The molecule has 1 aliphatic rings. The van der Waals surface area contributed by atoms with Crippen LogP contribution in [0.3, 0.4) is 0 Å². The molecular weight excluding hydrogens is 226 g/mol. The van der Waals surface area contributed by atoms with E-state index in [2.05, 4.69) is 24.0 Å². The van der Waals surface area contributed by atoms with Gasteiger partial charge in [-0.3, -0.25) is 0 Å². The van der Waals surface area contributed by atoms with E-state index in [0.29, 0.717) is 5.92 Å². The first kappa shape index (κ1) is 12.9. The van der Waals surface area contributed by atoms with Crippen molar-refractivity contribution in [2.45, 2.75) is 26.2 Å². The molecule has 18 heavy (non-hydrogen) atoms. The van der Waals surface area contributed by atoms with Gasteiger partial charge in [-0.25, -0.2) is 0 Å². The van der Waals surface area contributed by atoms with Gasteiger partial charge >= 0.3 is 0 Å². The van der Waals surface area contributed by atoms with E-state index >= 15 is 0 Å². The van der Waals surface area contributed by atoms with E-state index in [1.165, 1.54) is 11.3 Å². The summed E-state index contributed by atoms with van der Waals surface area (Å²) in [4.78, 5) is 12.9. The Labute approximate surface area is 109 Å². The fraction of sp³-hybridized carbons (Fsp3) is 0.533. The number of carbonyl (C=O) groups is 1. The second-order valence-electron chi connectivity index (χ2n) is 4.99. The molecule has 1 saturated heterocycles. The standard InChI is InChI=1S/C15H21NO2/c1-12-11-14(18-2)3-4-15(12)16-8-5-13(6-9-16)7-10-17/h3-4,10-11,13H,5-9H2,1-2H3. The summed E-state index contributed by atoms with van der Waals surface area (Å²) < 4.78 is 5.23. The van der Waals surface area contributed by atoms with Crippen LogP contribution in [0.15, 0.2) is 18.2 Å². The Morgan fingerprint density at radius 2 is 2.11 bits per heavy atom. The van der Waals surface area contributed by atoms with Crippen LogP contribution in [-0.4, -0.2) is 26.5 Å². The molecule has 0 spiro atoms. The third kappa shape index (κ3) is 2.84.